The zero-order valence-corrected chi connectivity index (χ0v) is 14.3. The molecule has 0 amide bonds. The molecule has 0 saturated carbocycles. The first-order valence-corrected chi connectivity index (χ1v) is 8.10. The molecular formula is C20H28N2. The largest absolute Gasteiger partial charge is 0.308 e. The highest BCUT2D eigenvalue weighted by Gasteiger charge is 2.03. The lowest BCUT2D eigenvalue weighted by molar-refractivity contribution is 0.276. The van der Waals surface area contributed by atoms with Gasteiger partial charge in [-0.2, -0.15) is 0 Å². The van der Waals surface area contributed by atoms with E-state index in [4.69, 9.17) is 0 Å². The molecule has 0 radical (unpaired) electrons. The van der Waals surface area contributed by atoms with Crippen LogP contribution in [0.25, 0.3) is 11.1 Å². The number of rotatable bonds is 7. The lowest BCUT2D eigenvalue weighted by atomic mass is 10.0. The van der Waals surface area contributed by atoms with Gasteiger partial charge in [0, 0.05) is 19.6 Å². The summed E-state index contributed by atoms with van der Waals surface area (Å²) in [5, 5.41) is 0. The number of benzene rings is 2. The molecule has 2 heteroatoms. The summed E-state index contributed by atoms with van der Waals surface area (Å²) in [6.45, 7) is 5.37. The molecule has 0 N–H and O–H groups in total. The Labute approximate surface area is 135 Å². The summed E-state index contributed by atoms with van der Waals surface area (Å²) in [6.07, 6.45) is 1.09. The average molecular weight is 296 g/mol. The third kappa shape index (κ3) is 4.97. The summed E-state index contributed by atoms with van der Waals surface area (Å²) in [6, 6.07) is 17.8. The maximum Gasteiger partial charge on any atom is 0.0231 e. The minimum Gasteiger partial charge on any atom is -0.308 e. The van der Waals surface area contributed by atoms with Crippen LogP contribution in [0.15, 0.2) is 48.5 Å². The fourth-order valence-electron chi connectivity index (χ4n) is 2.54. The summed E-state index contributed by atoms with van der Waals surface area (Å²) in [7, 11) is 6.43. The highest BCUT2D eigenvalue weighted by molar-refractivity contribution is 5.64. The van der Waals surface area contributed by atoms with Crippen molar-refractivity contribution >= 4 is 0 Å². The van der Waals surface area contributed by atoms with Crippen LogP contribution in [0.2, 0.25) is 0 Å². The molecule has 0 fully saturated rings. The van der Waals surface area contributed by atoms with Crippen molar-refractivity contribution in [1.29, 1.82) is 0 Å². The highest BCUT2D eigenvalue weighted by atomic mass is 15.1. The van der Waals surface area contributed by atoms with Gasteiger partial charge in [-0.25, -0.2) is 0 Å². The molecule has 2 aromatic rings. The summed E-state index contributed by atoms with van der Waals surface area (Å²) in [5.41, 5.74) is 5.37. The Morgan fingerprint density at radius 2 is 1.50 bits per heavy atom. The second-order valence-electron chi connectivity index (χ2n) is 6.29. The van der Waals surface area contributed by atoms with Crippen molar-refractivity contribution < 1.29 is 0 Å². The second-order valence-corrected chi connectivity index (χ2v) is 6.29. The van der Waals surface area contributed by atoms with Crippen molar-refractivity contribution in [1.82, 2.24) is 9.80 Å². The Morgan fingerprint density at radius 3 is 2.14 bits per heavy atom. The topological polar surface area (TPSA) is 6.48 Å². The summed E-state index contributed by atoms with van der Waals surface area (Å²) in [5.74, 6) is 0. The van der Waals surface area contributed by atoms with Gasteiger partial charge in [0.25, 0.3) is 0 Å². The minimum atomic E-state index is 0.995. The Morgan fingerprint density at radius 1 is 0.773 bits per heavy atom. The fraction of sp³-hybridized carbons (Fsp3) is 0.400. The molecule has 0 atom stereocenters. The molecule has 2 aromatic carbocycles. The van der Waals surface area contributed by atoms with Crippen LogP contribution in [0, 0.1) is 0 Å². The number of hydrogen-bond donors (Lipinski definition) is 0. The number of aryl methyl sites for hydroxylation is 1. The van der Waals surface area contributed by atoms with E-state index in [1.807, 2.05) is 0 Å². The first kappa shape index (κ1) is 16.7. The summed E-state index contributed by atoms with van der Waals surface area (Å²) < 4.78 is 0. The Kier molecular flexibility index (Phi) is 6.17. The van der Waals surface area contributed by atoms with Gasteiger partial charge in [-0.05, 0) is 55.9 Å². The molecule has 22 heavy (non-hydrogen) atoms. The van der Waals surface area contributed by atoms with Crippen LogP contribution in [-0.4, -0.2) is 44.0 Å². The van der Waals surface area contributed by atoms with Gasteiger partial charge < -0.3 is 9.80 Å². The normalized spacial score (nSPS) is 11.4. The maximum absolute atomic E-state index is 2.37. The van der Waals surface area contributed by atoms with E-state index in [9.17, 15) is 0 Å². The predicted octanol–water partition coefficient (Wildman–Crippen LogP) is 3.91. The van der Waals surface area contributed by atoms with Crippen molar-refractivity contribution in [2.75, 3.05) is 34.2 Å². The van der Waals surface area contributed by atoms with Gasteiger partial charge in [-0.1, -0.05) is 49.4 Å². The highest BCUT2D eigenvalue weighted by Crippen LogP contribution is 2.21. The van der Waals surface area contributed by atoms with E-state index >= 15 is 0 Å². The van der Waals surface area contributed by atoms with Crippen molar-refractivity contribution in [3.8, 4) is 11.1 Å². The van der Waals surface area contributed by atoms with E-state index in [1.54, 1.807) is 0 Å². The van der Waals surface area contributed by atoms with E-state index < -0.39 is 0 Å². The van der Waals surface area contributed by atoms with Gasteiger partial charge in [-0.15, -0.1) is 0 Å². The van der Waals surface area contributed by atoms with Crippen LogP contribution in [0.1, 0.15) is 18.1 Å². The molecule has 0 heterocycles. The zero-order chi connectivity index (χ0) is 15.9. The SMILES string of the molecule is CCc1ccc(-c2cccc(CN(C)CCN(C)C)c2)cc1. The first-order chi connectivity index (χ1) is 10.6. The van der Waals surface area contributed by atoms with Crippen molar-refractivity contribution in [2.24, 2.45) is 0 Å². The predicted molar refractivity (Wildman–Crippen MR) is 96.1 cm³/mol. The van der Waals surface area contributed by atoms with Crippen LogP contribution in [-0.2, 0) is 13.0 Å². The molecule has 0 aliphatic carbocycles. The monoisotopic (exact) mass is 296 g/mol. The third-order valence-corrected chi connectivity index (χ3v) is 4.00. The molecule has 0 aromatic heterocycles. The van der Waals surface area contributed by atoms with Crippen molar-refractivity contribution in [2.45, 2.75) is 19.9 Å². The standard InChI is InChI=1S/C20H28N2/c1-5-17-9-11-19(12-10-17)20-8-6-7-18(15-20)16-22(4)14-13-21(2)3/h6-12,15H,5,13-14,16H2,1-4H3. The van der Waals surface area contributed by atoms with Gasteiger partial charge in [0.2, 0.25) is 0 Å². The van der Waals surface area contributed by atoms with Crippen LogP contribution in [0.4, 0.5) is 0 Å². The number of likely N-dealkylation sites (N-methyl/N-ethyl adjacent to an activating group) is 2. The van der Waals surface area contributed by atoms with E-state index in [1.165, 1.54) is 22.3 Å². The Balaban J connectivity index is 2.05. The van der Waals surface area contributed by atoms with Crippen LogP contribution < -0.4 is 0 Å². The Hall–Kier alpha value is -1.64. The smallest absolute Gasteiger partial charge is 0.0231 e. The maximum atomic E-state index is 2.37. The molecule has 2 rings (SSSR count). The minimum absolute atomic E-state index is 0.995. The van der Waals surface area contributed by atoms with Crippen LogP contribution in [0.5, 0.6) is 0 Å². The first-order valence-electron chi connectivity index (χ1n) is 8.10. The van der Waals surface area contributed by atoms with E-state index in [0.717, 1.165) is 26.1 Å². The van der Waals surface area contributed by atoms with Crippen LogP contribution in [0.3, 0.4) is 0 Å². The molecule has 0 saturated heterocycles. The third-order valence-electron chi connectivity index (χ3n) is 4.00. The molecule has 0 aliphatic rings. The molecule has 0 aliphatic heterocycles. The molecule has 0 bridgehead atoms. The van der Waals surface area contributed by atoms with Crippen LogP contribution >= 0.6 is 0 Å². The van der Waals surface area contributed by atoms with Gasteiger partial charge in [0.1, 0.15) is 0 Å². The molecule has 118 valence electrons. The molecule has 0 spiro atoms. The average Bonchev–Trinajstić information content (AvgIpc) is 2.53. The van der Waals surface area contributed by atoms with E-state index in [0.29, 0.717) is 0 Å². The van der Waals surface area contributed by atoms with E-state index in [-0.39, 0.29) is 0 Å². The van der Waals surface area contributed by atoms with E-state index in [2.05, 4.69) is 86.4 Å². The van der Waals surface area contributed by atoms with Crippen molar-refractivity contribution in [3.63, 3.8) is 0 Å². The fourth-order valence-corrected chi connectivity index (χ4v) is 2.54. The summed E-state index contributed by atoms with van der Waals surface area (Å²) in [4.78, 5) is 4.60. The van der Waals surface area contributed by atoms with Crippen molar-refractivity contribution in [3.05, 3.63) is 59.7 Å². The molecule has 2 nitrogen and oxygen atoms in total. The second kappa shape index (κ2) is 8.11. The molecular weight excluding hydrogens is 268 g/mol. The number of hydrogen-bond acceptors (Lipinski definition) is 2. The van der Waals surface area contributed by atoms with Gasteiger partial charge in [0.15, 0.2) is 0 Å². The quantitative estimate of drug-likeness (QED) is 0.764. The lowest BCUT2D eigenvalue weighted by Gasteiger charge is -2.19. The Bertz CT molecular complexity index is 573. The molecule has 0 unspecified atom stereocenters. The lowest BCUT2D eigenvalue weighted by Crippen LogP contribution is -2.28. The van der Waals surface area contributed by atoms with Gasteiger partial charge in [-0.3, -0.25) is 0 Å². The summed E-state index contributed by atoms with van der Waals surface area (Å²) >= 11 is 0. The zero-order valence-electron chi connectivity index (χ0n) is 14.3. The number of nitrogens with zero attached hydrogens (tertiary/aromatic N) is 2. The van der Waals surface area contributed by atoms with Gasteiger partial charge >= 0.3 is 0 Å². The van der Waals surface area contributed by atoms with Gasteiger partial charge in [0.05, 0.1) is 0 Å².